The minimum atomic E-state index is -0.484. The van der Waals surface area contributed by atoms with Gasteiger partial charge in [0.1, 0.15) is 0 Å². The second-order valence-corrected chi connectivity index (χ2v) is 5.65. The van der Waals surface area contributed by atoms with E-state index in [0.29, 0.717) is 0 Å². The van der Waals surface area contributed by atoms with Gasteiger partial charge in [-0.2, -0.15) is 4.39 Å². The molecule has 0 unspecified atom stereocenters. The number of rotatable bonds is 3. The molecule has 0 atom stereocenters. The fourth-order valence-electron chi connectivity index (χ4n) is 2.08. The van der Waals surface area contributed by atoms with Gasteiger partial charge in [0, 0.05) is 41.7 Å². The monoisotopic (exact) mass is 312 g/mol. The van der Waals surface area contributed by atoms with Crippen LogP contribution in [0.3, 0.4) is 0 Å². The summed E-state index contributed by atoms with van der Waals surface area (Å²) >= 11 is 1.59. The molecule has 0 amide bonds. The summed E-state index contributed by atoms with van der Waals surface area (Å²) in [5, 5.41) is 0. The van der Waals surface area contributed by atoms with E-state index in [9.17, 15) is 4.39 Å². The largest absolute Gasteiger partial charge is 0.404 e. The van der Waals surface area contributed by atoms with E-state index in [-0.39, 0.29) is 0 Å². The molecule has 3 rings (SSSR count). The van der Waals surface area contributed by atoms with Crippen LogP contribution in [0.1, 0.15) is 5.69 Å². The van der Waals surface area contributed by atoms with Gasteiger partial charge in [-0.05, 0) is 30.3 Å². The van der Waals surface area contributed by atoms with Crippen molar-refractivity contribution in [2.75, 3.05) is 7.05 Å². The number of aromatic nitrogens is 2. The molecule has 0 saturated carbocycles. The molecule has 3 aromatic heterocycles. The average molecular weight is 312 g/mol. The van der Waals surface area contributed by atoms with Crippen molar-refractivity contribution in [1.82, 2.24) is 9.97 Å². The summed E-state index contributed by atoms with van der Waals surface area (Å²) in [4.78, 5) is 13.3. The van der Waals surface area contributed by atoms with Crippen LogP contribution in [0.5, 0.6) is 0 Å². The maximum absolute atomic E-state index is 12.9. The van der Waals surface area contributed by atoms with Crippen LogP contribution < -0.4 is 5.73 Å². The highest BCUT2D eigenvalue weighted by Crippen LogP contribution is 2.32. The molecule has 0 saturated heterocycles. The Kier molecular flexibility index (Phi) is 3.93. The minimum Gasteiger partial charge on any atom is -0.404 e. The number of nitrogens with zero attached hydrogens (tertiary/aromatic N) is 3. The van der Waals surface area contributed by atoms with Crippen LogP contribution in [-0.2, 0) is 0 Å². The van der Waals surface area contributed by atoms with Gasteiger partial charge in [0.25, 0.3) is 0 Å². The van der Waals surface area contributed by atoms with E-state index in [1.165, 1.54) is 18.5 Å². The predicted molar refractivity (Wildman–Crippen MR) is 89.4 cm³/mol. The summed E-state index contributed by atoms with van der Waals surface area (Å²) in [6.45, 7) is 0. The quantitative estimate of drug-likeness (QED) is 0.594. The van der Waals surface area contributed by atoms with Crippen molar-refractivity contribution in [3.8, 4) is 10.4 Å². The van der Waals surface area contributed by atoms with Crippen molar-refractivity contribution in [3.63, 3.8) is 0 Å². The van der Waals surface area contributed by atoms with Crippen molar-refractivity contribution in [3.05, 3.63) is 54.4 Å². The van der Waals surface area contributed by atoms with E-state index < -0.39 is 5.95 Å². The molecule has 0 aliphatic carbocycles. The number of halogens is 1. The lowest BCUT2D eigenvalue weighted by atomic mass is 10.2. The standard InChI is InChI=1S/C16H13FN4S/c1-19-8-11(7-18)12-3-4-14-13(21-12)6-15(22-14)10-2-5-16(17)20-9-10/h2-9H,18H2,1H3. The molecule has 0 aliphatic rings. The second-order valence-electron chi connectivity index (χ2n) is 4.57. The molecule has 6 heteroatoms. The molecular formula is C16H13FN4S. The molecule has 0 bridgehead atoms. The van der Waals surface area contributed by atoms with Crippen molar-refractivity contribution in [2.24, 2.45) is 10.7 Å². The van der Waals surface area contributed by atoms with Gasteiger partial charge >= 0.3 is 0 Å². The first-order valence-corrected chi connectivity index (χ1v) is 7.40. The molecule has 110 valence electrons. The zero-order valence-electron chi connectivity index (χ0n) is 11.8. The fraction of sp³-hybridized carbons (Fsp3) is 0.0625. The smallest absolute Gasteiger partial charge is 0.212 e. The number of fused-ring (bicyclic) bond motifs is 1. The average Bonchev–Trinajstić information content (AvgIpc) is 2.96. The number of thiophene rings is 1. The Balaban J connectivity index is 2.05. The molecule has 0 aromatic carbocycles. The van der Waals surface area contributed by atoms with Gasteiger partial charge in [0.2, 0.25) is 5.95 Å². The summed E-state index contributed by atoms with van der Waals surface area (Å²) in [7, 11) is 1.69. The fourth-order valence-corrected chi connectivity index (χ4v) is 3.07. The third kappa shape index (κ3) is 2.73. The van der Waals surface area contributed by atoms with Gasteiger partial charge in [0.05, 0.1) is 15.9 Å². The third-order valence-electron chi connectivity index (χ3n) is 3.13. The molecule has 4 nitrogen and oxygen atoms in total. The first kappa shape index (κ1) is 14.3. The van der Waals surface area contributed by atoms with Crippen LogP contribution in [0, 0.1) is 5.95 Å². The lowest BCUT2D eigenvalue weighted by molar-refractivity contribution is 0.584. The highest BCUT2D eigenvalue weighted by molar-refractivity contribution is 7.22. The van der Waals surface area contributed by atoms with Crippen LogP contribution in [0.25, 0.3) is 26.2 Å². The topological polar surface area (TPSA) is 64.2 Å². The maximum atomic E-state index is 12.9. The molecule has 2 N–H and O–H groups in total. The Morgan fingerprint density at radius 1 is 1.32 bits per heavy atom. The molecule has 0 fully saturated rings. The SMILES string of the molecule is CN=CC(=CN)c1ccc2sc(-c3ccc(F)nc3)cc2n1. The van der Waals surface area contributed by atoms with E-state index in [4.69, 9.17) is 5.73 Å². The highest BCUT2D eigenvalue weighted by Gasteiger charge is 2.08. The van der Waals surface area contributed by atoms with Gasteiger partial charge in [-0.15, -0.1) is 11.3 Å². The van der Waals surface area contributed by atoms with Crippen LogP contribution in [0.4, 0.5) is 4.39 Å². The number of pyridine rings is 2. The number of hydrogen-bond donors (Lipinski definition) is 1. The molecule has 3 aromatic rings. The highest BCUT2D eigenvalue weighted by atomic mass is 32.1. The predicted octanol–water partition coefficient (Wildman–Crippen LogP) is 3.50. The van der Waals surface area contributed by atoms with Gasteiger partial charge in [-0.3, -0.25) is 4.99 Å². The lowest BCUT2D eigenvalue weighted by Gasteiger charge is -1.99. The van der Waals surface area contributed by atoms with Gasteiger partial charge in [-0.25, -0.2) is 9.97 Å². The summed E-state index contributed by atoms with van der Waals surface area (Å²) in [6.07, 6.45) is 4.68. The minimum absolute atomic E-state index is 0.484. The zero-order chi connectivity index (χ0) is 15.5. The summed E-state index contributed by atoms with van der Waals surface area (Å²) in [5.41, 5.74) is 8.88. The second kappa shape index (κ2) is 6.03. The Morgan fingerprint density at radius 2 is 2.18 bits per heavy atom. The molecule has 0 aliphatic heterocycles. The normalized spacial score (nSPS) is 12.4. The third-order valence-corrected chi connectivity index (χ3v) is 4.27. The number of allylic oxidation sites excluding steroid dienone is 1. The Hall–Kier alpha value is -2.60. The first-order valence-electron chi connectivity index (χ1n) is 6.58. The van der Waals surface area contributed by atoms with Crippen LogP contribution >= 0.6 is 11.3 Å². The molecule has 22 heavy (non-hydrogen) atoms. The number of nitrogens with two attached hydrogens (primary N) is 1. The van der Waals surface area contributed by atoms with E-state index in [0.717, 1.165) is 31.9 Å². The van der Waals surface area contributed by atoms with Crippen molar-refractivity contribution < 1.29 is 4.39 Å². The summed E-state index contributed by atoms with van der Waals surface area (Å²) < 4.78 is 14.0. The van der Waals surface area contributed by atoms with Crippen molar-refractivity contribution in [1.29, 1.82) is 0 Å². The summed E-state index contributed by atoms with van der Waals surface area (Å²) in [5.74, 6) is -0.484. The molecule has 0 radical (unpaired) electrons. The van der Waals surface area contributed by atoms with E-state index in [2.05, 4.69) is 15.0 Å². The van der Waals surface area contributed by atoms with Crippen LogP contribution in [-0.4, -0.2) is 23.2 Å². The first-order chi connectivity index (χ1) is 10.7. The number of hydrogen-bond acceptors (Lipinski definition) is 5. The van der Waals surface area contributed by atoms with Crippen molar-refractivity contribution in [2.45, 2.75) is 0 Å². The Morgan fingerprint density at radius 3 is 2.86 bits per heavy atom. The molecular weight excluding hydrogens is 299 g/mol. The maximum Gasteiger partial charge on any atom is 0.212 e. The summed E-state index contributed by atoms with van der Waals surface area (Å²) in [6, 6.07) is 8.94. The molecule has 3 heterocycles. The van der Waals surface area contributed by atoms with Crippen LogP contribution in [0.2, 0.25) is 0 Å². The van der Waals surface area contributed by atoms with Crippen molar-refractivity contribution >= 4 is 33.3 Å². The van der Waals surface area contributed by atoms with E-state index in [1.807, 2.05) is 18.2 Å². The Labute approximate surface area is 130 Å². The molecule has 0 spiro atoms. The van der Waals surface area contributed by atoms with E-state index in [1.54, 1.807) is 30.7 Å². The van der Waals surface area contributed by atoms with Gasteiger partial charge in [-0.1, -0.05) is 0 Å². The van der Waals surface area contributed by atoms with Gasteiger partial charge < -0.3 is 5.73 Å². The lowest BCUT2D eigenvalue weighted by Crippen LogP contribution is -1.94. The van der Waals surface area contributed by atoms with Gasteiger partial charge in [0.15, 0.2) is 0 Å². The van der Waals surface area contributed by atoms with E-state index >= 15 is 0 Å². The van der Waals surface area contributed by atoms with Crippen LogP contribution in [0.15, 0.2) is 47.7 Å². The Bertz CT molecular complexity index is 865. The number of aliphatic imine (C=N–C) groups is 1. The zero-order valence-corrected chi connectivity index (χ0v) is 12.6.